The highest BCUT2D eigenvalue weighted by Gasteiger charge is 2.59. The molecule has 1 aromatic heterocycles. The fraction of sp³-hybridized carbons (Fsp3) is 0.500. The lowest BCUT2D eigenvalue weighted by Crippen LogP contribution is -2.32. The second kappa shape index (κ2) is 2.81. The molecule has 3 atom stereocenters. The molecule has 1 aliphatic carbocycles. The molecule has 1 saturated carbocycles. The van der Waals surface area contributed by atoms with Crippen molar-refractivity contribution in [2.24, 2.45) is 17.6 Å². The Morgan fingerprint density at radius 2 is 2.50 bits per heavy atom. The molecule has 0 aromatic carbocycles. The molecular formula is C10H12N2OS. The standard InChI is InChI=1S/C10H12N2OS/c11-9-7-5-12(10(13)8(7)9)4-6-2-1-3-14-6/h1-3,7-9H,4-5,11H2. The average molecular weight is 208 g/mol. The van der Waals surface area contributed by atoms with Crippen molar-refractivity contribution < 1.29 is 4.79 Å². The zero-order valence-electron chi connectivity index (χ0n) is 7.72. The van der Waals surface area contributed by atoms with E-state index in [0.29, 0.717) is 5.92 Å². The fourth-order valence-electron chi connectivity index (χ4n) is 2.27. The van der Waals surface area contributed by atoms with E-state index in [1.165, 1.54) is 4.88 Å². The van der Waals surface area contributed by atoms with Gasteiger partial charge in [0.05, 0.1) is 12.5 Å². The Morgan fingerprint density at radius 1 is 1.64 bits per heavy atom. The molecule has 3 rings (SSSR count). The van der Waals surface area contributed by atoms with Crippen LogP contribution in [0.3, 0.4) is 0 Å². The van der Waals surface area contributed by atoms with Crippen molar-refractivity contribution in [3.05, 3.63) is 22.4 Å². The maximum absolute atomic E-state index is 11.7. The van der Waals surface area contributed by atoms with Crippen molar-refractivity contribution in [2.45, 2.75) is 12.6 Å². The Kier molecular flexibility index (Phi) is 1.69. The number of nitrogens with zero attached hydrogens (tertiary/aromatic N) is 1. The molecule has 0 spiro atoms. The molecule has 3 unspecified atom stereocenters. The summed E-state index contributed by atoms with van der Waals surface area (Å²) in [4.78, 5) is 14.9. The van der Waals surface area contributed by atoms with Crippen LogP contribution in [-0.4, -0.2) is 23.4 Å². The number of thiophene rings is 1. The van der Waals surface area contributed by atoms with E-state index >= 15 is 0 Å². The minimum absolute atomic E-state index is 0.148. The van der Waals surface area contributed by atoms with Crippen LogP contribution in [0, 0.1) is 11.8 Å². The van der Waals surface area contributed by atoms with E-state index < -0.39 is 0 Å². The van der Waals surface area contributed by atoms with Gasteiger partial charge in [-0.1, -0.05) is 6.07 Å². The second-order valence-electron chi connectivity index (χ2n) is 4.07. The van der Waals surface area contributed by atoms with Crippen LogP contribution in [-0.2, 0) is 11.3 Å². The van der Waals surface area contributed by atoms with E-state index in [9.17, 15) is 4.79 Å². The lowest BCUT2D eigenvalue weighted by molar-refractivity contribution is -0.130. The summed E-state index contributed by atoms with van der Waals surface area (Å²) in [5.41, 5.74) is 5.75. The number of amides is 1. The Hall–Kier alpha value is -0.870. The van der Waals surface area contributed by atoms with Gasteiger partial charge in [0.15, 0.2) is 0 Å². The SMILES string of the molecule is NC1C2CN(Cc3cccs3)C(=O)C12. The first-order valence-electron chi connectivity index (χ1n) is 4.84. The third-order valence-electron chi connectivity index (χ3n) is 3.18. The molecule has 2 fully saturated rings. The number of nitrogens with two attached hydrogens (primary N) is 1. The summed E-state index contributed by atoms with van der Waals surface area (Å²) in [6, 6.07) is 4.25. The van der Waals surface area contributed by atoms with Crippen molar-refractivity contribution in [3.8, 4) is 0 Å². The van der Waals surface area contributed by atoms with Crippen molar-refractivity contribution in [3.63, 3.8) is 0 Å². The molecule has 4 heteroatoms. The first-order valence-corrected chi connectivity index (χ1v) is 5.72. The zero-order valence-corrected chi connectivity index (χ0v) is 8.54. The maximum atomic E-state index is 11.7. The van der Waals surface area contributed by atoms with E-state index in [0.717, 1.165) is 13.1 Å². The summed E-state index contributed by atoms with van der Waals surface area (Å²) in [6.45, 7) is 1.64. The van der Waals surface area contributed by atoms with Gasteiger partial charge in [-0.15, -0.1) is 11.3 Å². The molecule has 1 aromatic rings. The summed E-state index contributed by atoms with van der Waals surface area (Å²) in [7, 11) is 0. The van der Waals surface area contributed by atoms with Crippen LogP contribution in [0.15, 0.2) is 17.5 Å². The lowest BCUT2D eigenvalue weighted by Gasteiger charge is -2.18. The average Bonchev–Trinajstić information content (AvgIpc) is 2.58. The van der Waals surface area contributed by atoms with Crippen LogP contribution in [0.5, 0.6) is 0 Å². The number of carbonyl (C=O) groups is 1. The van der Waals surface area contributed by atoms with Gasteiger partial charge in [-0.25, -0.2) is 0 Å². The van der Waals surface area contributed by atoms with Gasteiger partial charge in [0, 0.05) is 23.4 Å². The van der Waals surface area contributed by atoms with Crippen LogP contribution in [0.1, 0.15) is 4.88 Å². The first-order chi connectivity index (χ1) is 6.77. The van der Waals surface area contributed by atoms with E-state index in [-0.39, 0.29) is 17.9 Å². The normalized spacial score (nSPS) is 34.8. The predicted molar refractivity (Wildman–Crippen MR) is 54.7 cm³/mol. The van der Waals surface area contributed by atoms with Gasteiger partial charge in [-0.3, -0.25) is 4.79 Å². The molecule has 1 aliphatic heterocycles. The van der Waals surface area contributed by atoms with Crippen molar-refractivity contribution >= 4 is 17.2 Å². The minimum atomic E-state index is 0.148. The Morgan fingerprint density at radius 3 is 3.07 bits per heavy atom. The number of hydrogen-bond acceptors (Lipinski definition) is 3. The predicted octanol–water partition coefficient (Wildman–Crippen LogP) is 0.664. The second-order valence-corrected chi connectivity index (χ2v) is 5.10. The molecule has 3 nitrogen and oxygen atoms in total. The highest BCUT2D eigenvalue weighted by molar-refractivity contribution is 7.09. The quantitative estimate of drug-likeness (QED) is 0.776. The monoisotopic (exact) mass is 208 g/mol. The number of carbonyl (C=O) groups excluding carboxylic acids is 1. The van der Waals surface area contributed by atoms with Gasteiger partial charge in [0.25, 0.3) is 0 Å². The zero-order chi connectivity index (χ0) is 9.71. The molecular weight excluding hydrogens is 196 g/mol. The molecule has 1 amide bonds. The van der Waals surface area contributed by atoms with Gasteiger partial charge in [0.2, 0.25) is 5.91 Å². The molecule has 74 valence electrons. The summed E-state index contributed by atoms with van der Waals surface area (Å²) in [5.74, 6) is 0.855. The van der Waals surface area contributed by atoms with Crippen LogP contribution < -0.4 is 5.73 Å². The minimum Gasteiger partial charge on any atom is -0.337 e. The van der Waals surface area contributed by atoms with Crippen LogP contribution in [0.25, 0.3) is 0 Å². The molecule has 0 radical (unpaired) electrons. The Labute approximate surface area is 86.5 Å². The van der Waals surface area contributed by atoms with Crippen LogP contribution >= 0.6 is 11.3 Å². The number of likely N-dealkylation sites (tertiary alicyclic amines) is 1. The third kappa shape index (κ3) is 1.11. The van der Waals surface area contributed by atoms with E-state index in [2.05, 4.69) is 6.07 Å². The topological polar surface area (TPSA) is 46.3 Å². The van der Waals surface area contributed by atoms with Gasteiger partial charge in [0.1, 0.15) is 0 Å². The Balaban J connectivity index is 1.69. The van der Waals surface area contributed by atoms with Crippen molar-refractivity contribution in [1.29, 1.82) is 0 Å². The summed E-state index contributed by atoms with van der Waals surface area (Å²) in [6.07, 6.45) is 0. The van der Waals surface area contributed by atoms with Gasteiger partial charge in [-0.05, 0) is 11.4 Å². The van der Waals surface area contributed by atoms with Gasteiger partial charge >= 0.3 is 0 Å². The first kappa shape index (κ1) is 8.44. The molecule has 0 bridgehead atoms. The van der Waals surface area contributed by atoms with Gasteiger partial charge < -0.3 is 10.6 Å². The maximum Gasteiger partial charge on any atom is 0.228 e. The Bertz CT molecular complexity index is 362. The summed E-state index contributed by atoms with van der Waals surface area (Å²) < 4.78 is 0. The third-order valence-corrected chi connectivity index (χ3v) is 4.05. The molecule has 2 N–H and O–H groups in total. The van der Waals surface area contributed by atoms with Crippen LogP contribution in [0.2, 0.25) is 0 Å². The summed E-state index contributed by atoms with van der Waals surface area (Å²) in [5, 5.41) is 2.04. The molecule has 1 saturated heterocycles. The highest BCUT2D eigenvalue weighted by Crippen LogP contribution is 2.45. The molecule has 2 heterocycles. The fourth-order valence-corrected chi connectivity index (χ4v) is 2.99. The molecule has 14 heavy (non-hydrogen) atoms. The van der Waals surface area contributed by atoms with Gasteiger partial charge in [-0.2, -0.15) is 0 Å². The summed E-state index contributed by atoms with van der Waals surface area (Å²) >= 11 is 1.70. The number of fused-ring (bicyclic) bond motifs is 1. The number of piperidine rings is 1. The van der Waals surface area contributed by atoms with E-state index in [4.69, 9.17) is 5.73 Å². The lowest BCUT2D eigenvalue weighted by atomic mass is 10.3. The van der Waals surface area contributed by atoms with E-state index in [1.807, 2.05) is 16.3 Å². The smallest absolute Gasteiger partial charge is 0.228 e. The molecule has 2 aliphatic rings. The largest absolute Gasteiger partial charge is 0.337 e. The van der Waals surface area contributed by atoms with Crippen molar-refractivity contribution in [2.75, 3.05) is 6.54 Å². The number of hydrogen-bond donors (Lipinski definition) is 1. The number of rotatable bonds is 2. The van der Waals surface area contributed by atoms with Crippen LogP contribution in [0.4, 0.5) is 0 Å². The van der Waals surface area contributed by atoms with E-state index in [1.54, 1.807) is 11.3 Å². The van der Waals surface area contributed by atoms with Crippen molar-refractivity contribution in [1.82, 2.24) is 4.90 Å². The highest BCUT2D eigenvalue weighted by atomic mass is 32.1.